The number of nitrogens with one attached hydrogen (secondary N) is 2. The Morgan fingerprint density at radius 3 is 2.62 bits per heavy atom. The number of hydrogen-bond acceptors (Lipinski definition) is 2. The quantitative estimate of drug-likeness (QED) is 0.773. The molecule has 1 saturated heterocycles. The van der Waals surface area contributed by atoms with Crippen LogP contribution in [0.3, 0.4) is 0 Å². The SMILES string of the molecule is O=C(NCc1ccccc1)N1CCNCC1. The van der Waals surface area contributed by atoms with E-state index in [1.54, 1.807) is 0 Å². The van der Waals surface area contributed by atoms with E-state index < -0.39 is 0 Å². The van der Waals surface area contributed by atoms with Crippen molar-refractivity contribution in [2.24, 2.45) is 0 Å². The van der Waals surface area contributed by atoms with E-state index in [-0.39, 0.29) is 6.03 Å². The molecule has 0 saturated carbocycles. The lowest BCUT2D eigenvalue weighted by Crippen LogP contribution is -2.50. The molecule has 0 unspecified atom stereocenters. The molecule has 4 nitrogen and oxygen atoms in total. The largest absolute Gasteiger partial charge is 0.334 e. The lowest BCUT2D eigenvalue weighted by Gasteiger charge is -2.27. The third-order valence-corrected chi connectivity index (χ3v) is 2.69. The highest BCUT2D eigenvalue weighted by Gasteiger charge is 2.14. The molecule has 1 aromatic carbocycles. The summed E-state index contributed by atoms with van der Waals surface area (Å²) < 4.78 is 0. The Hall–Kier alpha value is -1.55. The van der Waals surface area contributed by atoms with Gasteiger partial charge in [0.2, 0.25) is 0 Å². The van der Waals surface area contributed by atoms with E-state index in [9.17, 15) is 4.79 Å². The Kier molecular flexibility index (Phi) is 3.77. The number of carbonyl (C=O) groups excluding carboxylic acids is 1. The molecule has 2 N–H and O–H groups in total. The third-order valence-electron chi connectivity index (χ3n) is 2.69. The topological polar surface area (TPSA) is 44.4 Å². The number of nitrogens with zero attached hydrogens (tertiary/aromatic N) is 1. The first-order chi connectivity index (χ1) is 7.86. The molecule has 0 radical (unpaired) electrons. The van der Waals surface area contributed by atoms with Crippen LogP contribution in [0.4, 0.5) is 4.79 Å². The van der Waals surface area contributed by atoms with Crippen molar-refractivity contribution in [3.8, 4) is 0 Å². The summed E-state index contributed by atoms with van der Waals surface area (Å²) in [5, 5.41) is 6.15. The van der Waals surface area contributed by atoms with Gasteiger partial charge in [-0.15, -0.1) is 0 Å². The number of rotatable bonds is 2. The molecule has 1 aliphatic rings. The first-order valence-corrected chi connectivity index (χ1v) is 5.64. The smallest absolute Gasteiger partial charge is 0.317 e. The second kappa shape index (κ2) is 5.51. The summed E-state index contributed by atoms with van der Waals surface area (Å²) in [6, 6.07) is 9.99. The van der Waals surface area contributed by atoms with Crippen LogP contribution in [0.1, 0.15) is 5.56 Å². The van der Waals surface area contributed by atoms with Crippen molar-refractivity contribution in [2.45, 2.75) is 6.54 Å². The Labute approximate surface area is 95.6 Å². The van der Waals surface area contributed by atoms with Gasteiger partial charge in [0, 0.05) is 32.7 Å². The summed E-state index contributed by atoms with van der Waals surface area (Å²) in [6.45, 7) is 3.96. The first-order valence-electron chi connectivity index (χ1n) is 5.64. The van der Waals surface area contributed by atoms with Gasteiger partial charge in [-0.2, -0.15) is 0 Å². The van der Waals surface area contributed by atoms with Crippen LogP contribution in [-0.2, 0) is 6.54 Å². The Morgan fingerprint density at radius 2 is 1.94 bits per heavy atom. The molecule has 2 amide bonds. The van der Waals surface area contributed by atoms with E-state index in [0.29, 0.717) is 6.54 Å². The van der Waals surface area contributed by atoms with Gasteiger partial charge in [0.05, 0.1) is 0 Å². The average molecular weight is 219 g/mol. The van der Waals surface area contributed by atoms with Gasteiger partial charge in [-0.1, -0.05) is 30.3 Å². The average Bonchev–Trinajstić information content (AvgIpc) is 2.38. The van der Waals surface area contributed by atoms with Gasteiger partial charge in [0.25, 0.3) is 0 Å². The van der Waals surface area contributed by atoms with Crippen molar-refractivity contribution in [2.75, 3.05) is 26.2 Å². The monoisotopic (exact) mass is 219 g/mol. The number of hydrogen-bond donors (Lipinski definition) is 2. The Morgan fingerprint density at radius 1 is 1.25 bits per heavy atom. The molecule has 0 spiro atoms. The van der Waals surface area contributed by atoms with E-state index in [1.165, 1.54) is 0 Å². The van der Waals surface area contributed by atoms with Gasteiger partial charge < -0.3 is 15.5 Å². The van der Waals surface area contributed by atoms with Crippen molar-refractivity contribution in [3.05, 3.63) is 35.9 Å². The maximum Gasteiger partial charge on any atom is 0.317 e. The van der Waals surface area contributed by atoms with E-state index in [1.807, 2.05) is 35.2 Å². The molecular weight excluding hydrogens is 202 g/mol. The van der Waals surface area contributed by atoms with Gasteiger partial charge in [-0.3, -0.25) is 0 Å². The lowest BCUT2D eigenvalue weighted by molar-refractivity contribution is 0.190. The summed E-state index contributed by atoms with van der Waals surface area (Å²) in [5.74, 6) is 0. The minimum Gasteiger partial charge on any atom is -0.334 e. The van der Waals surface area contributed by atoms with Crippen molar-refractivity contribution in [1.29, 1.82) is 0 Å². The lowest BCUT2D eigenvalue weighted by atomic mass is 10.2. The molecular formula is C12H17N3O. The molecule has 2 rings (SSSR count). The summed E-state index contributed by atoms with van der Waals surface area (Å²) in [6.07, 6.45) is 0. The number of benzene rings is 1. The fourth-order valence-electron chi connectivity index (χ4n) is 1.75. The summed E-state index contributed by atoms with van der Waals surface area (Å²) in [5.41, 5.74) is 1.13. The molecule has 1 aliphatic heterocycles. The predicted molar refractivity (Wildman–Crippen MR) is 63.1 cm³/mol. The van der Waals surface area contributed by atoms with E-state index >= 15 is 0 Å². The summed E-state index contributed by atoms with van der Waals surface area (Å²) in [4.78, 5) is 13.6. The number of carbonyl (C=O) groups is 1. The number of piperazine rings is 1. The second-order valence-corrected chi connectivity index (χ2v) is 3.88. The highest BCUT2D eigenvalue weighted by molar-refractivity contribution is 5.74. The van der Waals surface area contributed by atoms with E-state index in [2.05, 4.69) is 10.6 Å². The fraction of sp³-hybridized carbons (Fsp3) is 0.417. The minimum absolute atomic E-state index is 0.0327. The summed E-state index contributed by atoms with van der Waals surface area (Å²) >= 11 is 0. The minimum atomic E-state index is 0.0327. The van der Waals surface area contributed by atoms with Crippen LogP contribution in [-0.4, -0.2) is 37.1 Å². The standard InChI is InChI=1S/C12H17N3O/c16-12(15-8-6-13-7-9-15)14-10-11-4-2-1-3-5-11/h1-5,13H,6-10H2,(H,14,16). The highest BCUT2D eigenvalue weighted by Crippen LogP contribution is 1.99. The molecule has 1 heterocycles. The zero-order chi connectivity index (χ0) is 11.2. The van der Waals surface area contributed by atoms with Crippen molar-refractivity contribution < 1.29 is 4.79 Å². The van der Waals surface area contributed by atoms with Crippen LogP contribution < -0.4 is 10.6 Å². The molecule has 1 fully saturated rings. The summed E-state index contributed by atoms with van der Waals surface area (Å²) in [7, 11) is 0. The van der Waals surface area contributed by atoms with Gasteiger partial charge in [-0.25, -0.2) is 4.79 Å². The molecule has 0 bridgehead atoms. The first kappa shape index (κ1) is 11.0. The fourth-order valence-corrected chi connectivity index (χ4v) is 1.75. The molecule has 1 aromatic rings. The van der Waals surface area contributed by atoms with Crippen LogP contribution in [0.5, 0.6) is 0 Å². The molecule has 0 aromatic heterocycles. The van der Waals surface area contributed by atoms with Crippen LogP contribution in [0, 0.1) is 0 Å². The Bertz CT molecular complexity index is 333. The second-order valence-electron chi connectivity index (χ2n) is 3.88. The number of urea groups is 1. The molecule has 16 heavy (non-hydrogen) atoms. The molecule has 0 aliphatic carbocycles. The third kappa shape index (κ3) is 2.97. The van der Waals surface area contributed by atoms with Gasteiger partial charge in [0.1, 0.15) is 0 Å². The van der Waals surface area contributed by atoms with Gasteiger partial charge in [0.15, 0.2) is 0 Å². The zero-order valence-corrected chi connectivity index (χ0v) is 9.28. The van der Waals surface area contributed by atoms with E-state index in [4.69, 9.17) is 0 Å². The van der Waals surface area contributed by atoms with Crippen molar-refractivity contribution in [1.82, 2.24) is 15.5 Å². The molecule has 86 valence electrons. The zero-order valence-electron chi connectivity index (χ0n) is 9.28. The normalized spacial score (nSPS) is 15.9. The predicted octanol–water partition coefficient (Wildman–Crippen LogP) is 0.801. The van der Waals surface area contributed by atoms with Crippen molar-refractivity contribution in [3.63, 3.8) is 0 Å². The number of amides is 2. The van der Waals surface area contributed by atoms with E-state index in [0.717, 1.165) is 31.7 Å². The Balaban J connectivity index is 1.79. The van der Waals surface area contributed by atoms with Crippen LogP contribution >= 0.6 is 0 Å². The van der Waals surface area contributed by atoms with Gasteiger partial charge >= 0.3 is 6.03 Å². The molecule has 4 heteroatoms. The maximum atomic E-state index is 11.8. The van der Waals surface area contributed by atoms with Crippen LogP contribution in [0.15, 0.2) is 30.3 Å². The maximum absolute atomic E-state index is 11.8. The molecule has 0 atom stereocenters. The van der Waals surface area contributed by atoms with Crippen molar-refractivity contribution >= 4 is 6.03 Å². The van der Waals surface area contributed by atoms with Crippen LogP contribution in [0.25, 0.3) is 0 Å². The van der Waals surface area contributed by atoms with Gasteiger partial charge in [-0.05, 0) is 5.56 Å². The highest BCUT2D eigenvalue weighted by atomic mass is 16.2. The van der Waals surface area contributed by atoms with Crippen LogP contribution in [0.2, 0.25) is 0 Å².